The molecule has 12 heteroatoms. The second-order valence-electron chi connectivity index (χ2n) is 11.5. The highest BCUT2D eigenvalue weighted by Crippen LogP contribution is 2.40. The molecule has 1 aliphatic carbocycles. The van der Waals surface area contributed by atoms with Gasteiger partial charge in [-0.05, 0) is 36.8 Å². The van der Waals surface area contributed by atoms with Crippen LogP contribution in [-0.4, -0.2) is 23.2 Å². The standard InChI is InChI=1S/C32H33F7N2O3/c1-2-3-4-5-18-6-8-19(9-7-18)22-16-42-31(43-17-22)21-14-40-30(41-15-21)20-10-24(33)28(25(34)11-20)32(38,39)44-23-12-26(35)29(37)27(36)13-23/h10-15,18-19,22,31H,2-9,16-17H2,1H3. The molecule has 44 heavy (non-hydrogen) atoms. The predicted octanol–water partition coefficient (Wildman–Crippen LogP) is 9.02. The van der Waals surface area contributed by atoms with Crippen LogP contribution in [0.4, 0.5) is 30.7 Å². The van der Waals surface area contributed by atoms with Crippen LogP contribution in [0.15, 0.2) is 36.7 Å². The van der Waals surface area contributed by atoms with E-state index in [4.69, 9.17) is 9.47 Å². The summed E-state index contributed by atoms with van der Waals surface area (Å²) in [4.78, 5) is 8.20. The summed E-state index contributed by atoms with van der Waals surface area (Å²) in [5, 5.41) is 0. The molecule has 0 amide bonds. The molecule has 1 aliphatic heterocycles. The van der Waals surface area contributed by atoms with Crippen molar-refractivity contribution in [2.45, 2.75) is 70.7 Å². The number of benzene rings is 2. The molecule has 0 N–H and O–H groups in total. The van der Waals surface area contributed by atoms with Gasteiger partial charge in [-0.15, -0.1) is 0 Å². The highest BCUT2D eigenvalue weighted by atomic mass is 19.3. The lowest BCUT2D eigenvalue weighted by Gasteiger charge is -2.37. The molecule has 1 saturated heterocycles. The van der Waals surface area contributed by atoms with Gasteiger partial charge in [0.2, 0.25) is 0 Å². The van der Waals surface area contributed by atoms with Crippen molar-refractivity contribution >= 4 is 0 Å². The molecule has 2 fully saturated rings. The van der Waals surface area contributed by atoms with Gasteiger partial charge in [-0.25, -0.2) is 31.9 Å². The molecule has 1 saturated carbocycles. The number of halogens is 7. The van der Waals surface area contributed by atoms with E-state index in [1.807, 2.05) is 0 Å². The lowest BCUT2D eigenvalue weighted by Crippen LogP contribution is -2.34. The number of hydrogen-bond donors (Lipinski definition) is 0. The molecule has 5 nitrogen and oxygen atoms in total. The van der Waals surface area contributed by atoms with E-state index in [9.17, 15) is 30.7 Å². The quantitative estimate of drug-likeness (QED) is 0.128. The fourth-order valence-corrected chi connectivity index (χ4v) is 5.99. The minimum absolute atomic E-state index is 0.131. The Hall–Kier alpha value is -3.25. The van der Waals surface area contributed by atoms with Crippen LogP contribution in [0.25, 0.3) is 11.4 Å². The topological polar surface area (TPSA) is 53.5 Å². The largest absolute Gasteiger partial charge is 0.432 e. The van der Waals surface area contributed by atoms with Gasteiger partial charge in [-0.3, -0.25) is 0 Å². The molecule has 2 aromatic carbocycles. The van der Waals surface area contributed by atoms with Crippen LogP contribution in [0.3, 0.4) is 0 Å². The maximum Gasteiger partial charge on any atom is 0.432 e. The van der Waals surface area contributed by atoms with Crippen molar-refractivity contribution in [2.24, 2.45) is 17.8 Å². The van der Waals surface area contributed by atoms with Gasteiger partial charge in [0.1, 0.15) is 22.9 Å². The molecule has 2 aliphatic rings. The first-order valence-electron chi connectivity index (χ1n) is 14.8. The second kappa shape index (κ2) is 13.8. The molecular formula is C32H33F7N2O3. The fourth-order valence-electron chi connectivity index (χ4n) is 5.99. The predicted molar refractivity (Wildman–Crippen MR) is 146 cm³/mol. The summed E-state index contributed by atoms with van der Waals surface area (Å²) in [6, 6.07) is 1.42. The first kappa shape index (κ1) is 32.2. The Morgan fingerprint density at radius 2 is 1.39 bits per heavy atom. The van der Waals surface area contributed by atoms with Crippen molar-refractivity contribution in [2.75, 3.05) is 13.2 Å². The minimum atomic E-state index is -4.70. The number of ether oxygens (including phenoxy) is 3. The minimum Gasteiger partial charge on any atom is -0.429 e. The number of nitrogens with zero attached hydrogens (tertiary/aromatic N) is 2. The van der Waals surface area contributed by atoms with Gasteiger partial charge >= 0.3 is 6.11 Å². The smallest absolute Gasteiger partial charge is 0.429 e. The second-order valence-corrected chi connectivity index (χ2v) is 11.5. The third kappa shape index (κ3) is 7.34. The number of unbranched alkanes of at least 4 members (excludes halogenated alkanes) is 2. The molecule has 0 unspecified atom stereocenters. The van der Waals surface area contributed by atoms with E-state index in [1.165, 1.54) is 63.8 Å². The van der Waals surface area contributed by atoms with E-state index in [2.05, 4.69) is 21.6 Å². The van der Waals surface area contributed by atoms with Gasteiger partial charge in [0.25, 0.3) is 0 Å². The molecule has 5 rings (SSSR count). The summed E-state index contributed by atoms with van der Waals surface area (Å²) in [5.41, 5.74) is -1.57. The van der Waals surface area contributed by atoms with Crippen LogP contribution >= 0.6 is 0 Å². The van der Waals surface area contributed by atoms with Gasteiger partial charge in [0.15, 0.2) is 29.6 Å². The highest BCUT2D eigenvalue weighted by molar-refractivity contribution is 5.56. The Morgan fingerprint density at radius 3 is 1.95 bits per heavy atom. The van der Waals surface area contributed by atoms with Crippen molar-refractivity contribution in [3.8, 4) is 17.1 Å². The van der Waals surface area contributed by atoms with Crippen LogP contribution < -0.4 is 4.74 Å². The molecule has 238 valence electrons. The Labute approximate surface area is 250 Å². The molecule has 1 aromatic heterocycles. The number of hydrogen-bond acceptors (Lipinski definition) is 5. The third-order valence-electron chi connectivity index (χ3n) is 8.44. The molecule has 0 atom stereocenters. The van der Waals surface area contributed by atoms with Crippen LogP contribution in [0.1, 0.15) is 75.7 Å². The Bertz CT molecular complexity index is 1380. The summed E-state index contributed by atoms with van der Waals surface area (Å²) in [6.07, 6.45) is 7.29. The number of rotatable bonds is 10. The fraction of sp³-hybridized carbons (Fsp3) is 0.500. The number of aromatic nitrogens is 2. The zero-order valence-electron chi connectivity index (χ0n) is 24.1. The zero-order valence-corrected chi connectivity index (χ0v) is 24.1. The van der Waals surface area contributed by atoms with E-state index in [1.54, 1.807) is 0 Å². The van der Waals surface area contributed by atoms with Crippen LogP contribution in [0, 0.1) is 46.8 Å². The monoisotopic (exact) mass is 626 g/mol. The van der Waals surface area contributed by atoms with Crippen molar-refractivity contribution in [3.05, 3.63) is 76.9 Å². The molecule has 0 radical (unpaired) electrons. The zero-order chi connectivity index (χ0) is 31.4. The summed E-state index contributed by atoms with van der Waals surface area (Å²) in [5.74, 6) is -8.64. The summed E-state index contributed by atoms with van der Waals surface area (Å²) < 4.78 is 115. The maximum atomic E-state index is 14.8. The van der Waals surface area contributed by atoms with E-state index in [0.717, 1.165) is 5.92 Å². The first-order valence-corrected chi connectivity index (χ1v) is 14.8. The molecule has 0 bridgehead atoms. The number of alkyl halides is 2. The summed E-state index contributed by atoms with van der Waals surface area (Å²) in [7, 11) is 0. The third-order valence-corrected chi connectivity index (χ3v) is 8.44. The lowest BCUT2D eigenvalue weighted by molar-refractivity contribution is -0.215. The van der Waals surface area contributed by atoms with Gasteiger partial charge in [-0.2, -0.15) is 8.78 Å². The Morgan fingerprint density at radius 1 is 0.795 bits per heavy atom. The van der Waals surface area contributed by atoms with Crippen molar-refractivity contribution in [1.29, 1.82) is 0 Å². The van der Waals surface area contributed by atoms with E-state index < -0.39 is 52.8 Å². The van der Waals surface area contributed by atoms with Crippen molar-refractivity contribution < 1.29 is 44.9 Å². The average molecular weight is 627 g/mol. The normalized spacial score (nSPS) is 22.6. The summed E-state index contributed by atoms with van der Waals surface area (Å²) in [6.45, 7) is 3.28. The summed E-state index contributed by atoms with van der Waals surface area (Å²) >= 11 is 0. The van der Waals surface area contributed by atoms with Crippen molar-refractivity contribution in [3.63, 3.8) is 0 Å². The van der Waals surface area contributed by atoms with Crippen molar-refractivity contribution in [1.82, 2.24) is 9.97 Å². The molecule has 0 spiro atoms. The molecule has 2 heterocycles. The highest BCUT2D eigenvalue weighted by Gasteiger charge is 2.42. The van der Waals surface area contributed by atoms with Gasteiger partial charge in [-0.1, -0.05) is 45.4 Å². The van der Waals surface area contributed by atoms with Crippen LogP contribution in [0.2, 0.25) is 0 Å². The van der Waals surface area contributed by atoms with E-state index in [-0.39, 0.29) is 23.5 Å². The van der Waals surface area contributed by atoms with Gasteiger partial charge in [0, 0.05) is 41.6 Å². The van der Waals surface area contributed by atoms with Crippen LogP contribution in [-0.2, 0) is 15.6 Å². The van der Waals surface area contributed by atoms with Gasteiger partial charge in [0.05, 0.1) is 13.2 Å². The molecular weight excluding hydrogens is 593 g/mol. The van der Waals surface area contributed by atoms with E-state index >= 15 is 0 Å². The molecule has 3 aromatic rings. The Kier molecular flexibility index (Phi) is 10.1. The SMILES string of the molecule is CCCCCC1CCC(C2COC(c3cnc(-c4cc(F)c(C(F)(F)Oc5cc(F)c(F)c(F)c5)c(F)c4)nc3)OC2)CC1. The maximum absolute atomic E-state index is 14.8. The van der Waals surface area contributed by atoms with Gasteiger partial charge < -0.3 is 14.2 Å². The Balaban J connectivity index is 1.19. The van der Waals surface area contributed by atoms with Crippen LogP contribution in [0.5, 0.6) is 5.75 Å². The lowest BCUT2D eigenvalue weighted by atomic mass is 9.74. The average Bonchev–Trinajstić information content (AvgIpc) is 3.00. The van der Waals surface area contributed by atoms with E-state index in [0.29, 0.717) is 42.7 Å². The first-order chi connectivity index (χ1) is 21.1.